The molecule has 120 valence electrons. The van der Waals surface area contributed by atoms with E-state index in [-0.39, 0.29) is 6.04 Å². The van der Waals surface area contributed by atoms with Crippen LogP contribution >= 0.6 is 0 Å². The lowest BCUT2D eigenvalue weighted by Crippen LogP contribution is -2.35. The van der Waals surface area contributed by atoms with E-state index in [1.807, 2.05) is 43.5 Å². The summed E-state index contributed by atoms with van der Waals surface area (Å²) in [6.07, 6.45) is 8.02. The van der Waals surface area contributed by atoms with Crippen LogP contribution in [0.15, 0.2) is 54.3 Å². The van der Waals surface area contributed by atoms with Crippen LogP contribution in [-0.4, -0.2) is 41.2 Å². The van der Waals surface area contributed by atoms with E-state index in [1.54, 1.807) is 0 Å². The SMILES string of the molecule is CN1C=C2C=C(c3ccc(C(F)(F)C(=O)O)cc3)C=CC2N1C. The normalized spacial score (nSPS) is 21.0. The average molecular weight is 318 g/mol. The third kappa shape index (κ3) is 2.55. The molecule has 0 bridgehead atoms. The molecule has 1 unspecified atom stereocenters. The Morgan fingerprint density at radius 3 is 2.48 bits per heavy atom. The topological polar surface area (TPSA) is 43.8 Å². The summed E-state index contributed by atoms with van der Waals surface area (Å²) in [6, 6.07) is 5.54. The monoisotopic (exact) mass is 318 g/mol. The van der Waals surface area contributed by atoms with Crippen molar-refractivity contribution in [2.45, 2.75) is 12.0 Å². The Hall–Kier alpha value is -2.47. The first kappa shape index (κ1) is 15.4. The number of carboxylic acids is 1. The fraction of sp³-hybridized carbons (Fsp3) is 0.235. The van der Waals surface area contributed by atoms with Crippen molar-refractivity contribution in [3.63, 3.8) is 0 Å². The van der Waals surface area contributed by atoms with Crippen LogP contribution in [0.4, 0.5) is 8.78 Å². The Labute approximate surface area is 132 Å². The first-order valence-corrected chi connectivity index (χ1v) is 7.10. The minimum atomic E-state index is -3.88. The highest BCUT2D eigenvalue weighted by Gasteiger charge is 2.40. The molecule has 1 aliphatic heterocycles. The number of likely N-dealkylation sites (N-methyl/N-ethyl adjacent to an activating group) is 1. The van der Waals surface area contributed by atoms with Gasteiger partial charge in [-0.3, -0.25) is 0 Å². The number of alkyl halides is 2. The minimum absolute atomic E-state index is 0.180. The summed E-state index contributed by atoms with van der Waals surface area (Å²) in [5.74, 6) is -6.02. The second-order valence-corrected chi connectivity index (χ2v) is 5.64. The van der Waals surface area contributed by atoms with Gasteiger partial charge in [-0.25, -0.2) is 9.80 Å². The van der Waals surface area contributed by atoms with Gasteiger partial charge in [0.05, 0.1) is 6.04 Å². The molecule has 6 heteroatoms. The van der Waals surface area contributed by atoms with Gasteiger partial charge in [-0.05, 0) is 22.8 Å². The summed E-state index contributed by atoms with van der Waals surface area (Å²) in [7, 11) is 3.94. The van der Waals surface area contributed by atoms with Crippen molar-refractivity contribution in [3.05, 3.63) is 65.4 Å². The second-order valence-electron chi connectivity index (χ2n) is 5.64. The smallest absolute Gasteiger partial charge is 0.379 e. The van der Waals surface area contributed by atoms with E-state index in [0.717, 1.165) is 28.8 Å². The van der Waals surface area contributed by atoms with E-state index in [1.165, 1.54) is 12.1 Å². The Kier molecular flexibility index (Phi) is 3.56. The number of benzene rings is 1. The van der Waals surface area contributed by atoms with Crippen molar-refractivity contribution >= 4 is 11.5 Å². The second kappa shape index (κ2) is 5.31. The van der Waals surface area contributed by atoms with Crippen LogP contribution in [0.1, 0.15) is 11.1 Å². The maximum Gasteiger partial charge on any atom is 0.379 e. The van der Waals surface area contributed by atoms with Crippen LogP contribution < -0.4 is 0 Å². The van der Waals surface area contributed by atoms with Gasteiger partial charge in [0.2, 0.25) is 0 Å². The van der Waals surface area contributed by atoms with E-state index < -0.39 is 17.5 Å². The maximum atomic E-state index is 13.5. The van der Waals surface area contributed by atoms with Crippen molar-refractivity contribution in [2.24, 2.45) is 0 Å². The number of rotatable bonds is 3. The maximum absolute atomic E-state index is 13.5. The quantitative estimate of drug-likeness (QED) is 0.931. The molecule has 1 heterocycles. The number of aliphatic carboxylic acids is 1. The lowest BCUT2D eigenvalue weighted by atomic mass is 9.93. The molecule has 0 fully saturated rings. The molecule has 23 heavy (non-hydrogen) atoms. The van der Waals surface area contributed by atoms with Crippen molar-refractivity contribution in [3.8, 4) is 0 Å². The molecule has 0 amide bonds. The van der Waals surface area contributed by atoms with Gasteiger partial charge in [-0.1, -0.05) is 36.4 Å². The molecule has 0 saturated heterocycles. The van der Waals surface area contributed by atoms with Gasteiger partial charge < -0.3 is 10.1 Å². The molecule has 0 radical (unpaired) electrons. The number of nitrogens with zero attached hydrogens (tertiary/aromatic N) is 2. The highest BCUT2D eigenvalue weighted by molar-refractivity contribution is 5.80. The summed E-state index contributed by atoms with van der Waals surface area (Å²) < 4.78 is 26.9. The Bertz CT molecular complexity index is 735. The molecular formula is C17H16F2N2O2. The Morgan fingerprint density at radius 2 is 1.87 bits per heavy atom. The highest BCUT2D eigenvalue weighted by atomic mass is 19.3. The molecule has 1 aliphatic carbocycles. The number of hydrazine groups is 1. The average Bonchev–Trinajstić information content (AvgIpc) is 2.81. The summed E-state index contributed by atoms with van der Waals surface area (Å²) in [6.45, 7) is 0. The molecule has 0 saturated carbocycles. The number of halogens is 2. The van der Waals surface area contributed by atoms with Gasteiger partial charge in [-0.15, -0.1) is 0 Å². The van der Waals surface area contributed by atoms with Gasteiger partial charge in [0.15, 0.2) is 0 Å². The number of allylic oxidation sites excluding steroid dienone is 2. The van der Waals surface area contributed by atoms with Gasteiger partial charge >= 0.3 is 11.9 Å². The number of fused-ring (bicyclic) bond motifs is 1. The molecule has 3 rings (SSSR count). The largest absolute Gasteiger partial charge is 0.477 e. The summed E-state index contributed by atoms with van der Waals surface area (Å²) >= 11 is 0. The predicted octanol–water partition coefficient (Wildman–Crippen LogP) is 2.86. The van der Waals surface area contributed by atoms with Crippen molar-refractivity contribution in [1.82, 2.24) is 10.0 Å². The van der Waals surface area contributed by atoms with Crippen molar-refractivity contribution in [1.29, 1.82) is 0 Å². The Morgan fingerprint density at radius 1 is 1.22 bits per heavy atom. The molecule has 1 aromatic rings. The molecule has 0 spiro atoms. The lowest BCUT2D eigenvalue weighted by molar-refractivity contribution is -0.166. The molecule has 4 nitrogen and oxygen atoms in total. The molecule has 1 N–H and O–H groups in total. The van der Waals surface area contributed by atoms with Gasteiger partial charge in [0.25, 0.3) is 0 Å². The summed E-state index contributed by atoms with van der Waals surface area (Å²) in [4.78, 5) is 10.6. The van der Waals surface area contributed by atoms with Crippen molar-refractivity contribution < 1.29 is 18.7 Å². The first-order valence-electron chi connectivity index (χ1n) is 7.10. The number of carbonyl (C=O) groups is 1. The van der Waals surface area contributed by atoms with E-state index in [0.29, 0.717) is 0 Å². The third-order valence-corrected chi connectivity index (χ3v) is 4.21. The number of hydrogen-bond acceptors (Lipinski definition) is 3. The molecule has 2 aliphatic rings. The zero-order chi connectivity index (χ0) is 16.8. The van der Waals surface area contributed by atoms with Crippen LogP contribution in [0.3, 0.4) is 0 Å². The van der Waals surface area contributed by atoms with Crippen LogP contribution in [0.2, 0.25) is 0 Å². The highest BCUT2D eigenvalue weighted by Crippen LogP contribution is 2.33. The fourth-order valence-electron chi connectivity index (χ4n) is 2.75. The minimum Gasteiger partial charge on any atom is -0.477 e. The van der Waals surface area contributed by atoms with E-state index >= 15 is 0 Å². The lowest BCUT2D eigenvalue weighted by Gasteiger charge is -2.26. The van der Waals surface area contributed by atoms with Gasteiger partial charge in [0, 0.05) is 25.9 Å². The molecule has 1 aromatic carbocycles. The first-order chi connectivity index (χ1) is 10.8. The molecule has 1 atom stereocenters. The predicted molar refractivity (Wildman–Crippen MR) is 82.5 cm³/mol. The third-order valence-electron chi connectivity index (χ3n) is 4.21. The molecule has 0 aromatic heterocycles. The van der Waals surface area contributed by atoms with E-state index in [9.17, 15) is 13.6 Å². The fourth-order valence-corrected chi connectivity index (χ4v) is 2.75. The van der Waals surface area contributed by atoms with Crippen LogP contribution in [-0.2, 0) is 10.7 Å². The van der Waals surface area contributed by atoms with Crippen LogP contribution in [0.5, 0.6) is 0 Å². The van der Waals surface area contributed by atoms with E-state index in [4.69, 9.17) is 5.11 Å². The summed E-state index contributed by atoms with van der Waals surface area (Å²) in [5, 5.41) is 12.6. The van der Waals surface area contributed by atoms with Crippen LogP contribution in [0, 0.1) is 0 Å². The molecular weight excluding hydrogens is 302 g/mol. The zero-order valence-corrected chi connectivity index (χ0v) is 12.7. The number of hydrogen-bond donors (Lipinski definition) is 1. The Balaban J connectivity index is 1.88. The summed E-state index contributed by atoms with van der Waals surface area (Å²) in [5.41, 5.74) is 2.27. The standard InChI is InChI=1S/C17H16F2N2O2/c1-20-10-13-9-12(5-8-15(13)21(20)2)11-3-6-14(7-4-11)17(18,19)16(22)23/h3-10,15H,1-2H3,(H,22,23). The van der Waals surface area contributed by atoms with Crippen molar-refractivity contribution in [2.75, 3.05) is 14.1 Å². The van der Waals surface area contributed by atoms with Gasteiger partial charge in [0.1, 0.15) is 0 Å². The van der Waals surface area contributed by atoms with Crippen LogP contribution in [0.25, 0.3) is 5.57 Å². The number of carboxylic acid groups (broad SMARTS) is 1. The van der Waals surface area contributed by atoms with Gasteiger partial charge in [-0.2, -0.15) is 8.78 Å². The zero-order valence-electron chi connectivity index (χ0n) is 12.7. The van der Waals surface area contributed by atoms with E-state index in [2.05, 4.69) is 5.01 Å².